The van der Waals surface area contributed by atoms with Crippen LogP contribution in [0, 0.1) is 6.92 Å². The molecule has 94 valence electrons. The van der Waals surface area contributed by atoms with Crippen LogP contribution in [0.15, 0.2) is 34.7 Å². The summed E-state index contributed by atoms with van der Waals surface area (Å²) in [5.41, 5.74) is 1.89. The zero-order chi connectivity index (χ0) is 13.0. The molecule has 0 radical (unpaired) electrons. The lowest BCUT2D eigenvalue weighted by Gasteiger charge is -1.98. The van der Waals surface area contributed by atoms with Gasteiger partial charge in [0.2, 0.25) is 0 Å². The first-order valence-corrected chi connectivity index (χ1v) is 7.34. The van der Waals surface area contributed by atoms with Gasteiger partial charge in [-0.1, -0.05) is 42.1 Å². The predicted molar refractivity (Wildman–Crippen MR) is 74.7 cm³/mol. The van der Waals surface area contributed by atoms with Crippen LogP contribution in [0.1, 0.15) is 20.9 Å². The maximum Gasteiger partial charge on any atom is 0.347 e. The minimum Gasteiger partial charge on any atom is -0.477 e. The number of carbonyl (C=O) groups is 1. The summed E-state index contributed by atoms with van der Waals surface area (Å²) in [6.07, 6.45) is 0.965. The fourth-order valence-corrected chi connectivity index (χ4v) is 3.62. The highest BCUT2D eigenvalue weighted by atomic mass is 32.2. The van der Waals surface area contributed by atoms with E-state index in [0.717, 1.165) is 16.5 Å². The zero-order valence-electron chi connectivity index (χ0n) is 9.92. The molecule has 0 saturated carbocycles. The van der Waals surface area contributed by atoms with Crippen molar-refractivity contribution in [1.29, 1.82) is 0 Å². The van der Waals surface area contributed by atoms with Crippen molar-refractivity contribution in [2.24, 2.45) is 0 Å². The van der Waals surface area contributed by atoms with Gasteiger partial charge in [-0.15, -0.1) is 11.3 Å². The molecular weight excluding hydrogens is 266 g/mol. The second kappa shape index (κ2) is 6.02. The lowest BCUT2D eigenvalue weighted by molar-refractivity contribution is 0.0701. The molecule has 3 nitrogen and oxygen atoms in total. The van der Waals surface area contributed by atoms with Gasteiger partial charge in [0, 0.05) is 5.75 Å². The topological polar surface area (TPSA) is 50.2 Å². The molecule has 1 N–H and O–H groups in total. The van der Waals surface area contributed by atoms with Crippen molar-refractivity contribution < 1.29 is 9.90 Å². The SMILES string of the molecule is Cc1nc(SCCc2ccccc2)sc1C(=O)O. The standard InChI is InChI=1S/C13H13NO2S2/c1-9-11(12(15)16)18-13(14-9)17-8-7-10-5-3-2-4-6-10/h2-6H,7-8H2,1H3,(H,15,16). The van der Waals surface area contributed by atoms with Gasteiger partial charge in [0.1, 0.15) is 4.88 Å². The van der Waals surface area contributed by atoms with E-state index in [9.17, 15) is 4.79 Å². The normalized spacial score (nSPS) is 10.5. The average molecular weight is 279 g/mol. The van der Waals surface area contributed by atoms with Gasteiger partial charge >= 0.3 is 5.97 Å². The smallest absolute Gasteiger partial charge is 0.347 e. The predicted octanol–water partition coefficient (Wildman–Crippen LogP) is 3.48. The van der Waals surface area contributed by atoms with E-state index in [1.165, 1.54) is 16.9 Å². The van der Waals surface area contributed by atoms with Crippen LogP contribution in [0.2, 0.25) is 0 Å². The molecule has 0 aliphatic rings. The number of aromatic carboxylic acids is 1. The molecule has 0 spiro atoms. The molecule has 18 heavy (non-hydrogen) atoms. The van der Waals surface area contributed by atoms with E-state index in [4.69, 9.17) is 5.11 Å². The Hall–Kier alpha value is -1.33. The number of hydrogen-bond acceptors (Lipinski definition) is 4. The fourth-order valence-electron chi connectivity index (χ4n) is 1.53. The number of aromatic nitrogens is 1. The molecule has 2 aromatic rings. The maximum absolute atomic E-state index is 10.9. The van der Waals surface area contributed by atoms with Gasteiger partial charge in [0.15, 0.2) is 4.34 Å². The highest BCUT2D eigenvalue weighted by Crippen LogP contribution is 2.27. The second-order valence-corrected chi connectivity index (χ2v) is 6.12. The van der Waals surface area contributed by atoms with Crippen molar-refractivity contribution in [2.75, 3.05) is 5.75 Å². The number of carboxylic acids is 1. The monoisotopic (exact) mass is 279 g/mol. The summed E-state index contributed by atoms with van der Waals surface area (Å²) in [7, 11) is 0. The van der Waals surface area contributed by atoms with E-state index < -0.39 is 5.97 Å². The minimum atomic E-state index is -0.889. The van der Waals surface area contributed by atoms with Crippen LogP contribution in [0.4, 0.5) is 0 Å². The minimum absolute atomic E-state index is 0.345. The Labute approximate surface area is 114 Å². The van der Waals surface area contributed by atoms with Gasteiger partial charge in [-0.25, -0.2) is 9.78 Å². The van der Waals surface area contributed by atoms with Crippen LogP contribution in [0.25, 0.3) is 0 Å². The van der Waals surface area contributed by atoms with Crippen molar-refractivity contribution in [3.8, 4) is 0 Å². The van der Waals surface area contributed by atoms with E-state index in [0.29, 0.717) is 10.6 Å². The van der Waals surface area contributed by atoms with Crippen LogP contribution in [-0.4, -0.2) is 21.8 Å². The Morgan fingerprint density at radius 1 is 1.39 bits per heavy atom. The molecule has 2 rings (SSSR count). The summed E-state index contributed by atoms with van der Waals surface area (Å²) >= 11 is 2.87. The molecule has 0 saturated heterocycles. The van der Waals surface area contributed by atoms with Gasteiger partial charge in [0.05, 0.1) is 5.69 Å². The molecule has 0 aliphatic carbocycles. The molecule has 0 atom stereocenters. The summed E-state index contributed by atoms with van der Waals surface area (Å²) in [4.78, 5) is 15.5. The molecule has 1 aromatic carbocycles. The second-order valence-electron chi connectivity index (χ2n) is 3.78. The zero-order valence-corrected chi connectivity index (χ0v) is 11.6. The number of nitrogens with zero attached hydrogens (tertiary/aromatic N) is 1. The Morgan fingerprint density at radius 2 is 2.11 bits per heavy atom. The molecule has 0 amide bonds. The van der Waals surface area contributed by atoms with Crippen molar-refractivity contribution in [3.05, 3.63) is 46.5 Å². The van der Waals surface area contributed by atoms with Gasteiger partial charge in [0.25, 0.3) is 0 Å². The number of benzene rings is 1. The van der Waals surface area contributed by atoms with Crippen LogP contribution < -0.4 is 0 Å². The van der Waals surface area contributed by atoms with E-state index in [1.54, 1.807) is 18.7 Å². The van der Waals surface area contributed by atoms with Crippen molar-refractivity contribution in [3.63, 3.8) is 0 Å². The molecule has 0 bridgehead atoms. The van der Waals surface area contributed by atoms with Crippen LogP contribution in [-0.2, 0) is 6.42 Å². The highest BCUT2D eigenvalue weighted by Gasteiger charge is 2.13. The van der Waals surface area contributed by atoms with Crippen LogP contribution in [0.5, 0.6) is 0 Å². The summed E-state index contributed by atoms with van der Waals surface area (Å²) in [5, 5.41) is 8.94. The third kappa shape index (κ3) is 3.34. The van der Waals surface area contributed by atoms with E-state index in [1.807, 2.05) is 18.2 Å². The van der Waals surface area contributed by atoms with Crippen molar-refractivity contribution in [1.82, 2.24) is 4.98 Å². The van der Waals surface area contributed by atoms with Crippen LogP contribution in [0.3, 0.4) is 0 Å². The third-order valence-electron chi connectivity index (χ3n) is 2.43. The first-order chi connectivity index (χ1) is 8.66. The molecule has 0 unspecified atom stereocenters. The maximum atomic E-state index is 10.9. The summed E-state index contributed by atoms with van der Waals surface area (Å²) < 4.78 is 0.834. The highest BCUT2D eigenvalue weighted by molar-refractivity contribution is 8.01. The Kier molecular flexibility index (Phi) is 4.38. The van der Waals surface area contributed by atoms with E-state index >= 15 is 0 Å². The number of rotatable bonds is 5. The van der Waals surface area contributed by atoms with E-state index in [2.05, 4.69) is 17.1 Å². The number of carboxylic acid groups (broad SMARTS) is 1. The first kappa shape index (κ1) is 13.1. The van der Waals surface area contributed by atoms with Gasteiger partial charge in [-0.3, -0.25) is 0 Å². The fraction of sp³-hybridized carbons (Fsp3) is 0.231. The summed E-state index contributed by atoms with van der Waals surface area (Å²) in [6.45, 7) is 1.74. The Bertz CT molecular complexity index is 537. The molecule has 5 heteroatoms. The molecule has 1 heterocycles. The lowest BCUT2D eigenvalue weighted by Crippen LogP contribution is -1.94. The molecule has 0 fully saturated rings. The van der Waals surface area contributed by atoms with Gasteiger partial charge in [-0.2, -0.15) is 0 Å². The molecular formula is C13H13NO2S2. The number of thioether (sulfide) groups is 1. The summed E-state index contributed by atoms with van der Waals surface area (Å²) in [6, 6.07) is 10.2. The quantitative estimate of drug-likeness (QED) is 0.851. The largest absolute Gasteiger partial charge is 0.477 e. The molecule has 0 aliphatic heterocycles. The average Bonchev–Trinajstić information content (AvgIpc) is 2.72. The van der Waals surface area contributed by atoms with Gasteiger partial charge < -0.3 is 5.11 Å². The van der Waals surface area contributed by atoms with Gasteiger partial charge in [-0.05, 0) is 18.9 Å². The summed E-state index contributed by atoms with van der Waals surface area (Å²) in [5.74, 6) is 0.0238. The number of hydrogen-bond donors (Lipinski definition) is 1. The molecule has 1 aromatic heterocycles. The number of aryl methyl sites for hydroxylation is 2. The third-order valence-corrected chi connectivity index (χ3v) is 4.72. The number of thiazole rings is 1. The Balaban J connectivity index is 1.91. The lowest BCUT2D eigenvalue weighted by atomic mass is 10.2. The van der Waals surface area contributed by atoms with Crippen molar-refractivity contribution >= 4 is 29.1 Å². The van der Waals surface area contributed by atoms with Crippen molar-refractivity contribution in [2.45, 2.75) is 17.7 Å². The Morgan fingerprint density at radius 3 is 2.72 bits per heavy atom. The van der Waals surface area contributed by atoms with E-state index in [-0.39, 0.29) is 0 Å². The first-order valence-electron chi connectivity index (χ1n) is 5.54. The van der Waals surface area contributed by atoms with Crippen LogP contribution >= 0.6 is 23.1 Å².